The number of rotatable bonds is 4. The summed E-state index contributed by atoms with van der Waals surface area (Å²) in [6.07, 6.45) is 7.28. The highest BCUT2D eigenvalue weighted by molar-refractivity contribution is 5.08. The van der Waals surface area contributed by atoms with Crippen LogP contribution in [0.4, 0.5) is 0 Å². The van der Waals surface area contributed by atoms with Crippen LogP contribution in [0.1, 0.15) is 5.56 Å². The zero-order valence-corrected chi connectivity index (χ0v) is 12.0. The lowest BCUT2D eigenvalue weighted by molar-refractivity contribution is -0.00260. The van der Waals surface area contributed by atoms with Gasteiger partial charge in [0.05, 0.1) is 6.54 Å². The largest absolute Gasteiger partial charge is 0.385 e. The van der Waals surface area contributed by atoms with Crippen molar-refractivity contribution >= 4 is 0 Å². The molecule has 1 saturated heterocycles. The highest BCUT2D eigenvalue weighted by Crippen LogP contribution is 2.14. The lowest BCUT2D eigenvalue weighted by Gasteiger charge is -2.31. The second-order valence-corrected chi connectivity index (χ2v) is 5.68. The van der Waals surface area contributed by atoms with Crippen LogP contribution < -0.4 is 5.32 Å². The molecule has 0 radical (unpaired) electrons. The smallest absolute Gasteiger partial charge is 0.109 e. The van der Waals surface area contributed by atoms with E-state index in [1.807, 2.05) is 24.5 Å². The third-order valence-corrected chi connectivity index (χ3v) is 3.72. The van der Waals surface area contributed by atoms with E-state index in [0.29, 0.717) is 19.6 Å². The molecule has 6 heteroatoms. The van der Waals surface area contributed by atoms with Crippen molar-refractivity contribution in [2.75, 3.05) is 26.2 Å². The van der Waals surface area contributed by atoms with Gasteiger partial charge in [0.1, 0.15) is 5.60 Å². The maximum absolute atomic E-state index is 10.9. The topological polar surface area (TPSA) is 66.2 Å². The minimum absolute atomic E-state index is 0.497. The Kier molecular flexibility index (Phi) is 4.28. The van der Waals surface area contributed by atoms with Gasteiger partial charge in [0.15, 0.2) is 0 Å². The average molecular weight is 287 g/mol. The molecule has 0 saturated carbocycles. The molecule has 3 rings (SSSR count). The van der Waals surface area contributed by atoms with Gasteiger partial charge in [-0.15, -0.1) is 0 Å². The van der Waals surface area contributed by atoms with Crippen molar-refractivity contribution in [3.63, 3.8) is 0 Å². The highest BCUT2D eigenvalue weighted by atomic mass is 16.3. The van der Waals surface area contributed by atoms with Gasteiger partial charge in [0, 0.05) is 57.5 Å². The van der Waals surface area contributed by atoms with Crippen molar-refractivity contribution in [3.05, 3.63) is 48.5 Å². The SMILES string of the molecule is O[C@]1(Cn2cccn2)CNCCN(Cc2cccnc2)C1. The van der Waals surface area contributed by atoms with Crippen molar-refractivity contribution in [1.82, 2.24) is 25.0 Å². The predicted octanol–water partition coefficient (Wildman–Crippen LogP) is 0.115. The molecule has 2 aromatic rings. The summed E-state index contributed by atoms with van der Waals surface area (Å²) in [6, 6.07) is 5.89. The lowest BCUT2D eigenvalue weighted by atomic mass is 10.0. The molecule has 2 N–H and O–H groups in total. The molecule has 0 bridgehead atoms. The van der Waals surface area contributed by atoms with Gasteiger partial charge in [-0.05, 0) is 17.7 Å². The van der Waals surface area contributed by atoms with Gasteiger partial charge in [-0.3, -0.25) is 14.6 Å². The Morgan fingerprint density at radius 3 is 3.05 bits per heavy atom. The summed E-state index contributed by atoms with van der Waals surface area (Å²) in [5, 5.41) is 18.4. The molecule has 1 aliphatic rings. The lowest BCUT2D eigenvalue weighted by Crippen LogP contribution is -2.49. The van der Waals surface area contributed by atoms with Crippen molar-refractivity contribution < 1.29 is 5.11 Å². The Bertz CT molecular complexity index is 544. The summed E-state index contributed by atoms with van der Waals surface area (Å²) in [7, 11) is 0. The Morgan fingerprint density at radius 2 is 2.29 bits per heavy atom. The molecule has 21 heavy (non-hydrogen) atoms. The summed E-state index contributed by atoms with van der Waals surface area (Å²) in [5.41, 5.74) is 0.353. The van der Waals surface area contributed by atoms with Gasteiger partial charge in [-0.25, -0.2) is 0 Å². The quantitative estimate of drug-likeness (QED) is 0.836. The number of β-amino-alcohol motifs (C(OH)–C–C–N with tert-alkyl or cyclic N) is 1. The molecule has 0 unspecified atom stereocenters. The molecule has 0 aliphatic carbocycles. The number of aromatic nitrogens is 3. The third-order valence-electron chi connectivity index (χ3n) is 3.72. The van der Waals surface area contributed by atoms with Crippen molar-refractivity contribution in [3.8, 4) is 0 Å². The molecule has 0 aromatic carbocycles. The fourth-order valence-corrected chi connectivity index (χ4v) is 2.80. The number of hydrogen-bond acceptors (Lipinski definition) is 5. The fraction of sp³-hybridized carbons (Fsp3) is 0.467. The van der Waals surface area contributed by atoms with Gasteiger partial charge >= 0.3 is 0 Å². The molecule has 1 fully saturated rings. The van der Waals surface area contributed by atoms with Gasteiger partial charge in [0.25, 0.3) is 0 Å². The van der Waals surface area contributed by atoms with E-state index in [2.05, 4.69) is 26.4 Å². The van der Waals surface area contributed by atoms with E-state index in [-0.39, 0.29) is 0 Å². The van der Waals surface area contributed by atoms with Gasteiger partial charge < -0.3 is 10.4 Å². The second-order valence-electron chi connectivity index (χ2n) is 5.68. The normalized spacial score (nSPS) is 23.9. The van der Waals surface area contributed by atoms with Gasteiger partial charge in [-0.2, -0.15) is 5.10 Å². The highest BCUT2D eigenvalue weighted by Gasteiger charge is 2.32. The number of aliphatic hydroxyl groups is 1. The Hall–Kier alpha value is -1.76. The van der Waals surface area contributed by atoms with E-state index >= 15 is 0 Å². The molecule has 112 valence electrons. The van der Waals surface area contributed by atoms with Crippen molar-refractivity contribution in [1.29, 1.82) is 0 Å². The van der Waals surface area contributed by atoms with Gasteiger partial charge in [-0.1, -0.05) is 6.07 Å². The molecule has 1 aliphatic heterocycles. The van der Waals surface area contributed by atoms with Crippen LogP contribution in [0.5, 0.6) is 0 Å². The zero-order valence-electron chi connectivity index (χ0n) is 12.0. The summed E-state index contributed by atoms with van der Waals surface area (Å²) in [4.78, 5) is 6.42. The van der Waals surface area contributed by atoms with E-state index in [4.69, 9.17) is 0 Å². The van der Waals surface area contributed by atoms with Crippen LogP contribution in [-0.4, -0.2) is 56.6 Å². The number of hydrogen-bond donors (Lipinski definition) is 2. The van der Waals surface area contributed by atoms with Gasteiger partial charge in [0.2, 0.25) is 0 Å². The average Bonchev–Trinajstić information content (AvgIpc) is 2.90. The Labute approximate surface area is 124 Å². The van der Waals surface area contributed by atoms with E-state index in [1.165, 1.54) is 5.56 Å². The molecule has 0 amide bonds. The van der Waals surface area contributed by atoms with Crippen molar-refractivity contribution in [2.45, 2.75) is 18.7 Å². The number of nitrogens with zero attached hydrogens (tertiary/aromatic N) is 4. The van der Waals surface area contributed by atoms with Crippen LogP contribution in [0.2, 0.25) is 0 Å². The molecule has 6 nitrogen and oxygen atoms in total. The third kappa shape index (κ3) is 3.87. The van der Waals surface area contributed by atoms with E-state index in [0.717, 1.165) is 19.6 Å². The van der Waals surface area contributed by atoms with Crippen LogP contribution in [0.15, 0.2) is 43.0 Å². The van der Waals surface area contributed by atoms with Crippen LogP contribution in [0.25, 0.3) is 0 Å². The molecular weight excluding hydrogens is 266 g/mol. The molecule has 2 aromatic heterocycles. The van der Waals surface area contributed by atoms with Crippen LogP contribution in [0, 0.1) is 0 Å². The first-order chi connectivity index (χ1) is 10.2. The Morgan fingerprint density at radius 1 is 1.33 bits per heavy atom. The first-order valence-electron chi connectivity index (χ1n) is 7.25. The van der Waals surface area contributed by atoms with Crippen LogP contribution in [0.3, 0.4) is 0 Å². The molecule has 1 atom stereocenters. The molecule has 3 heterocycles. The Balaban J connectivity index is 1.68. The molecular formula is C15H21N5O. The maximum Gasteiger partial charge on any atom is 0.109 e. The van der Waals surface area contributed by atoms with Crippen molar-refractivity contribution in [2.24, 2.45) is 0 Å². The first kappa shape index (κ1) is 14.2. The van der Waals surface area contributed by atoms with E-state index < -0.39 is 5.60 Å². The maximum atomic E-state index is 10.9. The summed E-state index contributed by atoms with van der Waals surface area (Å²) >= 11 is 0. The standard InChI is InChI=1S/C15H21N5O/c21-15(13-20-7-2-5-18-20)11-17-6-8-19(12-15)10-14-3-1-4-16-9-14/h1-5,7,9,17,21H,6,8,10-13H2/t15-/m1/s1. The number of pyridine rings is 1. The second kappa shape index (κ2) is 6.34. The summed E-state index contributed by atoms with van der Waals surface area (Å²) < 4.78 is 1.79. The summed E-state index contributed by atoms with van der Waals surface area (Å²) in [6.45, 7) is 4.29. The minimum atomic E-state index is -0.815. The minimum Gasteiger partial charge on any atom is -0.385 e. The predicted molar refractivity (Wildman–Crippen MR) is 79.6 cm³/mol. The number of nitrogens with one attached hydrogen (secondary N) is 1. The van der Waals surface area contributed by atoms with Crippen LogP contribution >= 0.6 is 0 Å². The van der Waals surface area contributed by atoms with E-state index in [1.54, 1.807) is 17.1 Å². The zero-order chi connectivity index (χ0) is 14.5. The monoisotopic (exact) mass is 287 g/mol. The van der Waals surface area contributed by atoms with Crippen LogP contribution in [-0.2, 0) is 13.1 Å². The molecule has 0 spiro atoms. The van der Waals surface area contributed by atoms with E-state index in [9.17, 15) is 5.11 Å². The fourth-order valence-electron chi connectivity index (χ4n) is 2.80. The first-order valence-corrected chi connectivity index (χ1v) is 7.25. The summed E-state index contributed by atoms with van der Waals surface area (Å²) in [5.74, 6) is 0.